The fourth-order valence-electron chi connectivity index (χ4n) is 4.95. The van der Waals surface area contributed by atoms with E-state index in [4.69, 9.17) is 10.5 Å². The van der Waals surface area contributed by atoms with Crippen LogP contribution in [-0.2, 0) is 4.74 Å². The molecule has 0 aromatic carbocycles. The average Bonchev–Trinajstić information content (AvgIpc) is 2.85. The van der Waals surface area contributed by atoms with Crippen molar-refractivity contribution in [2.45, 2.75) is 95.7 Å². The Bertz CT molecular complexity index is 313. The molecule has 0 bridgehead atoms. The Labute approximate surface area is 124 Å². The fraction of sp³-hybridized carbons (Fsp3) is 1.00. The van der Waals surface area contributed by atoms with E-state index in [2.05, 4.69) is 6.92 Å². The van der Waals surface area contributed by atoms with Crippen molar-refractivity contribution >= 4 is 0 Å². The highest BCUT2D eigenvalue weighted by molar-refractivity contribution is 4.95. The lowest BCUT2D eigenvalue weighted by Crippen LogP contribution is -2.39. The molecule has 3 rings (SSSR count). The summed E-state index contributed by atoms with van der Waals surface area (Å²) in [6, 6.07) is 0. The minimum atomic E-state index is 0.278. The summed E-state index contributed by atoms with van der Waals surface area (Å²) in [5, 5.41) is 0. The summed E-state index contributed by atoms with van der Waals surface area (Å²) >= 11 is 0. The normalized spacial score (nSPS) is 41.1. The van der Waals surface area contributed by atoms with Crippen LogP contribution in [0.3, 0.4) is 0 Å². The molecule has 116 valence electrons. The summed E-state index contributed by atoms with van der Waals surface area (Å²) in [5.41, 5.74) is 6.85. The molecule has 1 unspecified atom stereocenters. The van der Waals surface area contributed by atoms with E-state index >= 15 is 0 Å². The van der Waals surface area contributed by atoms with Crippen molar-refractivity contribution in [1.29, 1.82) is 0 Å². The van der Waals surface area contributed by atoms with Crippen molar-refractivity contribution in [3.8, 4) is 0 Å². The smallest absolute Gasteiger partial charge is 0.0687 e. The molecule has 1 heterocycles. The molecule has 1 aliphatic heterocycles. The summed E-state index contributed by atoms with van der Waals surface area (Å²) in [6.45, 7) is 3.26. The van der Waals surface area contributed by atoms with Gasteiger partial charge >= 0.3 is 0 Å². The Kier molecular flexibility index (Phi) is 4.42. The van der Waals surface area contributed by atoms with Crippen molar-refractivity contribution in [3.05, 3.63) is 0 Å². The van der Waals surface area contributed by atoms with E-state index in [9.17, 15) is 0 Å². The number of hydrogen-bond donors (Lipinski definition) is 1. The van der Waals surface area contributed by atoms with Gasteiger partial charge < -0.3 is 10.5 Å². The van der Waals surface area contributed by atoms with Crippen LogP contribution in [0.2, 0.25) is 0 Å². The van der Waals surface area contributed by atoms with Crippen LogP contribution in [0.15, 0.2) is 0 Å². The third kappa shape index (κ3) is 3.06. The van der Waals surface area contributed by atoms with Crippen LogP contribution in [0, 0.1) is 11.3 Å². The van der Waals surface area contributed by atoms with Crippen LogP contribution < -0.4 is 5.73 Å². The molecular weight excluding hydrogens is 246 g/mol. The first-order valence-corrected chi connectivity index (χ1v) is 9.03. The molecule has 2 aliphatic carbocycles. The van der Waals surface area contributed by atoms with Gasteiger partial charge in [-0.2, -0.15) is 0 Å². The summed E-state index contributed by atoms with van der Waals surface area (Å²) in [5.74, 6) is 0.906. The second-order valence-corrected chi connectivity index (χ2v) is 8.11. The largest absolute Gasteiger partial charge is 0.372 e. The second kappa shape index (κ2) is 5.96. The van der Waals surface area contributed by atoms with Crippen molar-refractivity contribution in [3.63, 3.8) is 0 Å². The number of hydrogen-bond acceptors (Lipinski definition) is 2. The van der Waals surface area contributed by atoms with Crippen molar-refractivity contribution in [2.75, 3.05) is 6.54 Å². The lowest BCUT2D eigenvalue weighted by Gasteiger charge is -2.41. The minimum Gasteiger partial charge on any atom is -0.372 e. The summed E-state index contributed by atoms with van der Waals surface area (Å²) < 4.78 is 6.59. The van der Waals surface area contributed by atoms with Crippen LogP contribution in [-0.4, -0.2) is 18.2 Å². The summed E-state index contributed by atoms with van der Waals surface area (Å²) in [7, 11) is 0. The van der Waals surface area contributed by atoms with Gasteiger partial charge in [-0.3, -0.25) is 0 Å². The first-order valence-electron chi connectivity index (χ1n) is 9.03. The molecule has 3 fully saturated rings. The number of ether oxygens (including phenoxy) is 1. The van der Waals surface area contributed by atoms with Gasteiger partial charge in [-0.1, -0.05) is 39.0 Å². The first kappa shape index (κ1) is 14.8. The molecule has 0 amide bonds. The molecule has 0 aromatic rings. The zero-order chi connectivity index (χ0) is 14.1. The quantitative estimate of drug-likeness (QED) is 0.830. The van der Waals surface area contributed by atoms with Gasteiger partial charge in [0.1, 0.15) is 0 Å². The van der Waals surface area contributed by atoms with Gasteiger partial charge in [0.2, 0.25) is 0 Å². The van der Waals surface area contributed by atoms with Crippen molar-refractivity contribution in [2.24, 2.45) is 17.1 Å². The molecule has 1 saturated heterocycles. The Morgan fingerprint density at radius 2 is 1.65 bits per heavy atom. The highest BCUT2D eigenvalue weighted by atomic mass is 16.5. The van der Waals surface area contributed by atoms with Crippen molar-refractivity contribution in [1.82, 2.24) is 0 Å². The minimum absolute atomic E-state index is 0.278. The molecule has 3 aliphatic rings. The Hall–Kier alpha value is -0.0800. The van der Waals surface area contributed by atoms with Crippen LogP contribution in [0.5, 0.6) is 0 Å². The molecular formula is C18H33NO. The maximum absolute atomic E-state index is 6.59. The monoisotopic (exact) mass is 279 g/mol. The van der Waals surface area contributed by atoms with Crippen LogP contribution in [0.25, 0.3) is 0 Å². The predicted octanol–water partition coefficient (Wildman–Crippen LogP) is 4.41. The molecule has 2 heteroatoms. The zero-order valence-corrected chi connectivity index (χ0v) is 13.3. The third-order valence-corrected chi connectivity index (χ3v) is 6.53. The average molecular weight is 279 g/mol. The zero-order valence-electron chi connectivity index (χ0n) is 13.3. The molecule has 0 aromatic heterocycles. The topological polar surface area (TPSA) is 35.2 Å². The lowest BCUT2D eigenvalue weighted by atomic mass is 9.68. The van der Waals surface area contributed by atoms with Gasteiger partial charge in [-0.25, -0.2) is 0 Å². The molecule has 20 heavy (non-hydrogen) atoms. The summed E-state index contributed by atoms with van der Waals surface area (Å²) in [6.07, 6.45) is 16.6. The van der Waals surface area contributed by atoms with Crippen LogP contribution >= 0.6 is 0 Å². The maximum atomic E-state index is 6.59. The van der Waals surface area contributed by atoms with Gasteiger partial charge in [0.15, 0.2) is 0 Å². The predicted molar refractivity (Wildman–Crippen MR) is 83.7 cm³/mol. The molecule has 1 atom stereocenters. The Balaban J connectivity index is 1.57. The SMILES string of the molecule is CC1CCC(CN)(CC2CCC3(CCCCC3)O2)CC1. The van der Waals surface area contributed by atoms with Gasteiger partial charge in [-0.15, -0.1) is 0 Å². The summed E-state index contributed by atoms with van der Waals surface area (Å²) in [4.78, 5) is 0. The number of nitrogens with two attached hydrogens (primary N) is 1. The molecule has 2 N–H and O–H groups in total. The van der Waals surface area contributed by atoms with E-state index in [1.807, 2.05) is 0 Å². The van der Waals surface area contributed by atoms with Crippen LogP contribution in [0.4, 0.5) is 0 Å². The molecule has 0 radical (unpaired) electrons. The molecule has 1 spiro atoms. The highest BCUT2D eigenvalue weighted by Crippen LogP contribution is 2.48. The van der Waals surface area contributed by atoms with E-state index in [0.717, 1.165) is 12.5 Å². The third-order valence-electron chi connectivity index (χ3n) is 6.53. The standard InChI is InChI=1S/C18H33NO/c1-15-5-10-17(14-19,11-6-15)13-16-7-12-18(20-16)8-3-2-4-9-18/h15-16H,2-14,19H2,1H3. The van der Waals surface area contributed by atoms with E-state index in [1.165, 1.54) is 77.0 Å². The Morgan fingerprint density at radius 1 is 0.950 bits per heavy atom. The van der Waals surface area contributed by atoms with Crippen LogP contribution in [0.1, 0.15) is 84.0 Å². The molecule has 2 saturated carbocycles. The number of rotatable bonds is 3. The molecule has 2 nitrogen and oxygen atoms in total. The van der Waals surface area contributed by atoms with E-state index in [0.29, 0.717) is 11.5 Å². The van der Waals surface area contributed by atoms with Gasteiger partial charge in [0.25, 0.3) is 0 Å². The first-order chi connectivity index (χ1) is 9.65. The van der Waals surface area contributed by atoms with Gasteiger partial charge in [0.05, 0.1) is 11.7 Å². The van der Waals surface area contributed by atoms with E-state index in [-0.39, 0.29) is 5.60 Å². The lowest BCUT2D eigenvalue weighted by molar-refractivity contribution is -0.0801. The Morgan fingerprint density at radius 3 is 2.30 bits per heavy atom. The van der Waals surface area contributed by atoms with Crippen molar-refractivity contribution < 1.29 is 4.74 Å². The van der Waals surface area contributed by atoms with E-state index < -0.39 is 0 Å². The fourth-order valence-corrected chi connectivity index (χ4v) is 4.95. The second-order valence-electron chi connectivity index (χ2n) is 8.11. The van der Waals surface area contributed by atoms with Gasteiger partial charge in [0, 0.05) is 0 Å². The van der Waals surface area contributed by atoms with Gasteiger partial charge in [-0.05, 0) is 62.8 Å². The maximum Gasteiger partial charge on any atom is 0.0687 e. The van der Waals surface area contributed by atoms with E-state index in [1.54, 1.807) is 0 Å². The highest BCUT2D eigenvalue weighted by Gasteiger charge is 2.44.